The second-order valence-electron chi connectivity index (χ2n) is 8.09. The number of hydrogen-bond acceptors (Lipinski definition) is 8. The van der Waals surface area contributed by atoms with Crippen LogP contribution in [-0.4, -0.2) is 29.7 Å². The molecule has 0 amide bonds. The standard InChI is InChI=1S/C27H25ClN2O6S/c1-5-34-21-14-18(10-11-20(21)36-16(4)31)24-23(26(33)35-6-2)15(3)29-27-30(24)25(32)22(37-27)13-17-8-7-9-19(28)12-17/h7-14,24H,5-6H2,1-4H3. The molecule has 0 N–H and O–H groups in total. The fourth-order valence-corrected chi connectivity index (χ4v) is 5.30. The summed E-state index contributed by atoms with van der Waals surface area (Å²) in [5.74, 6) is -0.510. The topological polar surface area (TPSA) is 96.2 Å². The van der Waals surface area contributed by atoms with Crippen LogP contribution in [0.2, 0.25) is 5.02 Å². The molecule has 1 unspecified atom stereocenters. The lowest BCUT2D eigenvalue weighted by Gasteiger charge is -2.25. The molecule has 10 heteroatoms. The van der Waals surface area contributed by atoms with Gasteiger partial charge in [0, 0.05) is 11.9 Å². The highest BCUT2D eigenvalue weighted by molar-refractivity contribution is 7.07. The number of thiazole rings is 1. The number of carbonyl (C=O) groups excluding carboxylic acids is 2. The van der Waals surface area contributed by atoms with E-state index < -0.39 is 18.0 Å². The molecule has 1 atom stereocenters. The van der Waals surface area contributed by atoms with Crippen molar-refractivity contribution in [3.05, 3.63) is 89.6 Å². The number of esters is 2. The van der Waals surface area contributed by atoms with Gasteiger partial charge in [0.1, 0.15) is 0 Å². The first kappa shape index (κ1) is 26.4. The molecule has 8 nitrogen and oxygen atoms in total. The van der Waals surface area contributed by atoms with Crippen LogP contribution in [0.15, 0.2) is 63.5 Å². The van der Waals surface area contributed by atoms with Gasteiger partial charge in [-0.15, -0.1) is 0 Å². The minimum absolute atomic E-state index is 0.164. The van der Waals surface area contributed by atoms with Crippen molar-refractivity contribution in [1.29, 1.82) is 0 Å². The summed E-state index contributed by atoms with van der Waals surface area (Å²) in [5, 5.41) is 0.552. The van der Waals surface area contributed by atoms with Crippen LogP contribution in [0, 0.1) is 0 Å². The van der Waals surface area contributed by atoms with Crippen molar-refractivity contribution in [2.75, 3.05) is 13.2 Å². The Hall–Kier alpha value is -3.69. The van der Waals surface area contributed by atoms with Crippen molar-refractivity contribution >= 4 is 41.0 Å². The Labute approximate surface area is 222 Å². The lowest BCUT2D eigenvalue weighted by atomic mass is 9.95. The maximum Gasteiger partial charge on any atom is 0.338 e. The highest BCUT2D eigenvalue weighted by Crippen LogP contribution is 2.36. The van der Waals surface area contributed by atoms with Crippen LogP contribution in [0.25, 0.3) is 6.08 Å². The van der Waals surface area contributed by atoms with Crippen molar-refractivity contribution in [3.63, 3.8) is 0 Å². The first-order valence-electron chi connectivity index (χ1n) is 11.6. The lowest BCUT2D eigenvalue weighted by Crippen LogP contribution is -2.40. The van der Waals surface area contributed by atoms with E-state index in [9.17, 15) is 14.4 Å². The fourth-order valence-electron chi connectivity index (χ4n) is 4.06. The Balaban J connectivity index is 1.95. The van der Waals surface area contributed by atoms with E-state index in [4.69, 9.17) is 25.8 Å². The zero-order chi connectivity index (χ0) is 26.7. The third kappa shape index (κ3) is 5.52. The average Bonchev–Trinajstić information content (AvgIpc) is 3.13. The van der Waals surface area contributed by atoms with Crippen LogP contribution < -0.4 is 24.4 Å². The van der Waals surface area contributed by atoms with Crippen LogP contribution in [0.3, 0.4) is 0 Å². The summed E-state index contributed by atoms with van der Waals surface area (Å²) in [6, 6.07) is 11.3. The first-order valence-corrected chi connectivity index (χ1v) is 12.8. The predicted molar refractivity (Wildman–Crippen MR) is 141 cm³/mol. The third-order valence-electron chi connectivity index (χ3n) is 5.50. The number of ether oxygens (including phenoxy) is 3. The summed E-state index contributed by atoms with van der Waals surface area (Å²) in [5.41, 5.74) is 1.71. The van der Waals surface area contributed by atoms with Gasteiger partial charge < -0.3 is 14.2 Å². The van der Waals surface area contributed by atoms with Crippen molar-refractivity contribution < 1.29 is 23.8 Å². The van der Waals surface area contributed by atoms with E-state index in [1.54, 1.807) is 63.2 Å². The molecule has 1 aliphatic heterocycles. The number of hydrogen-bond donors (Lipinski definition) is 0. The average molecular weight is 541 g/mol. The quantitative estimate of drug-likeness (QED) is 0.334. The zero-order valence-corrected chi connectivity index (χ0v) is 22.3. The minimum atomic E-state index is -0.831. The zero-order valence-electron chi connectivity index (χ0n) is 20.7. The van der Waals surface area contributed by atoms with Crippen LogP contribution in [0.5, 0.6) is 11.5 Å². The van der Waals surface area contributed by atoms with Crippen molar-refractivity contribution in [1.82, 2.24) is 4.57 Å². The second-order valence-corrected chi connectivity index (χ2v) is 9.54. The van der Waals surface area contributed by atoms with Crippen LogP contribution >= 0.6 is 22.9 Å². The van der Waals surface area contributed by atoms with Gasteiger partial charge in [0.15, 0.2) is 16.3 Å². The predicted octanol–water partition coefficient (Wildman–Crippen LogP) is 3.78. The van der Waals surface area contributed by atoms with Crippen LogP contribution in [0.4, 0.5) is 0 Å². The number of nitrogens with zero attached hydrogens (tertiary/aromatic N) is 2. The number of benzene rings is 2. The van der Waals surface area contributed by atoms with Crippen LogP contribution in [0.1, 0.15) is 44.9 Å². The molecule has 0 aliphatic carbocycles. The second kappa shape index (κ2) is 11.1. The molecule has 0 saturated carbocycles. The SMILES string of the molecule is CCOC(=O)C1=C(C)N=c2sc(=Cc3cccc(Cl)c3)c(=O)n2C1c1ccc(OC(C)=O)c(OCC)c1. The molecule has 0 bridgehead atoms. The Morgan fingerprint density at radius 2 is 1.92 bits per heavy atom. The van der Waals surface area contributed by atoms with E-state index in [0.29, 0.717) is 38.0 Å². The van der Waals surface area contributed by atoms with Crippen molar-refractivity contribution in [2.24, 2.45) is 4.99 Å². The van der Waals surface area contributed by atoms with Gasteiger partial charge in [-0.1, -0.05) is 41.1 Å². The molecule has 0 saturated heterocycles. The minimum Gasteiger partial charge on any atom is -0.490 e. The van der Waals surface area contributed by atoms with E-state index in [1.165, 1.54) is 22.8 Å². The molecule has 3 aromatic rings. The first-order chi connectivity index (χ1) is 17.7. The number of carbonyl (C=O) groups is 2. The van der Waals surface area contributed by atoms with Gasteiger partial charge in [-0.25, -0.2) is 9.79 Å². The molecule has 37 heavy (non-hydrogen) atoms. The largest absolute Gasteiger partial charge is 0.490 e. The lowest BCUT2D eigenvalue weighted by molar-refractivity contribution is -0.139. The Morgan fingerprint density at radius 3 is 2.59 bits per heavy atom. The molecule has 192 valence electrons. The number of rotatable bonds is 7. The van der Waals surface area contributed by atoms with E-state index >= 15 is 0 Å². The van der Waals surface area contributed by atoms with Crippen molar-refractivity contribution in [2.45, 2.75) is 33.7 Å². The van der Waals surface area contributed by atoms with Gasteiger partial charge in [-0.3, -0.25) is 14.2 Å². The molecule has 0 fully saturated rings. The summed E-state index contributed by atoms with van der Waals surface area (Å²) < 4.78 is 18.3. The smallest absolute Gasteiger partial charge is 0.338 e. The van der Waals surface area contributed by atoms with Gasteiger partial charge in [-0.05, 0) is 62.2 Å². The third-order valence-corrected chi connectivity index (χ3v) is 6.72. The van der Waals surface area contributed by atoms with Gasteiger partial charge in [0.05, 0.1) is 35.1 Å². The van der Waals surface area contributed by atoms with Gasteiger partial charge in [-0.2, -0.15) is 0 Å². The summed E-state index contributed by atoms with van der Waals surface area (Å²) in [6.45, 7) is 7.01. The van der Waals surface area contributed by atoms with E-state index in [2.05, 4.69) is 4.99 Å². The molecular weight excluding hydrogens is 516 g/mol. The van der Waals surface area contributed by atoms with Gasteiger partial charge in [0.25, 0.3) is 5.56 Å². The molecule has 2 aromatic carbocycles. The summed E-state index contributed by atoms with van der Waals surface area (Å²) in [4.78, 5) is 43.4. The summed E-state index contributed by atoms with van der Waals surface area (Å²) in [6.07, 6.45) is 1.74. The van der Waals surface area contributed by atoms with Crippen LogP contribution in [-0.2, 0) is 14.3 Å². The number of allylic oxidation sites excluding steroid dienone is 1. The molecule has 1 aliphatic rings. The number of fused-ring (bicyclic) bond motifs is 1. The normalized spacial score (nSPS) is 15.2. The highest BCUT2D eigenvalue weighted by Gasteiger charge is 2.34. The number of aromatic nitrogens is 1. The highest BCUT2D eigenvalue weighted by atomic mass is 35.5. The Morgan fingerprint density at radius 1 is 1.14 bits per heavy atom. The molecular formula is C27H25ClN2O6S. The Bertz CT molecular complexity index is 1590. The fraction of sp³-hybridized carbons (Fsp3) is 0.259. The molecule has 0 spiro atoms. The monoisotopic (exact) mass is 540 g/mol. The van der Waals surface area contributed by atoms with E-state index in [1.807, 2.05) is 6.07 Å². The van der Waals surface area contributed by atoms with Gasteiger partial charge >= 0.3 is 11.9 Å². The molecule has 4 rings (SSSR count). The summed E-state index contributed by atoms with van der Waals surface area (Å²) >= 11 is 7.34. The van der Waals surface area contributed by atoms with E-state index in [0.717, 1.165) is 5.56 Å². The molecule has 0 radical (unpaired) electrons. The van der Waals surface area contributed by atoms with Crippen molar-refractivity contribution in [3.8, 4) is 11.5 Å². The number of halogens is 1. The van der Waals surface area contributed by atoms with E-state index in [-0.39, 0.29) is 23.5 Å². The molecule has 2 heterocycles. The maximum absolute atomic E-state index is 13.7. The van der Waals surface area contributed by atoms with Gasteiger partial charge in [0.2, 0.25) is 0 Å². The Kier molecular flexibility index (Phi) is 7.94. The molecule has 1 aromatic heterocycles. The summed E-state index contributed by atoms with van der Waals surface area (Å²) in [7, 11) is 0. The maximum atomic E-state index is 13.7.